The second-order valence-electron chi connectivity index (χ2n) is 3.79. The Kier molecular flexibility index (Phi) is 4.76. The molecular weight excluding hydrogens is 271 g/mol. The van der Waals surface area contributed by atoms with Gasteiger partial charge in [0.05, 0.1) is 12.6 Å². The van der Waals surface area contributed by atoms with Crippen LogP contribution < -0.4 is 0 Å². The van der Waals surface area contributed by atoms with Crippen LogP contribution in [0, 0.1) is 0 Å². The molecule has 1 aliphatic heterocycles. The predicted octanol–water partition coefficient (Wildman–Crippen LogP) is 1.37. The first-order chi connectivity index (χ1) is 8.74. The summed E-state index contributed by atoms with van der Waals surface area (Å²) >= 11 is 0. The van der Waals surface area contributed by atoms with Gasteiger partial charge in [-0.3, -0.25) is 9.64 Å². The van der Waals surface area contributed by atoms with Gasteiger partial charge >= 0.3 is 18.4 Å². The highest BCUT2D eigenvalue weighted by molar-refractivity contribution is 5.80. The lowest BCUT2D eigenvalue weighted by atomic mass is 10.2. The minimum Gasteiger partial charge on any atom is -0.480 e. The van der Waals surface area contributed by atoms with Gasteiger partial charge in [-0.15, -0.1) is 13.2 Å². The number of likely N-dealkylation sites (tertiary alicyclic amines) is 1. The standard InChI is InChI=1S/C10H12F3NO5/c1-2-3-18-9(17)14-5-6(19-10(11,12)13)4-7(14)8(15)16/h2,6-7H,1,3-5H2,(H,15,16)/t6-,7-/m1/s1. The van der Waals surface area contributed by atoms with Crippen molar-refractivity contribution in [1.29, 1.82) is 0 Å². The number of carbonyl (C=O) groups excluding carboxylic acids is 1. The van der Waals surface area contributed by atoms with Crippen LogP contribution in [0.4, 0.5) is 18.0 Å². The number of rotatable bonds is 4. The Balaban J connectivity index is 2.70. The van der Waals surface area contributed by atoms with E-state index in [1.54, 1.807) is 0 Å². The Morgan fingerprint density at radius 2 is 2.11 bits per heavy atom. The van der Waals surface area contributed by atoms with Gasteiger partial charge < -0.3 is 9.84 Å². The maximum absolute atomic E-state index is 12.0. The maximum atomic E-state index is 12.0. The second kappa shape index (κ2) is 5.91. The van der Waals surface area contributed by atoms with Crippen molar-refractivity contribution < 1.29 is 37.3 Å². The van der Waals surface area contributed by atoms with Crippen LogP contribution in [0.15, 0.2) is 12.7 Å². The fourth-order valence-electron chi connectivity index (χ4n) is 1.72. The van der Waals surface area contributed by atoms with Crippen molar-refractivity contribution in [3.05, 3.63) is 12.7 Å². The number of carbonyl (C=O) groups is 2. The Bertz CT molecular complexity index is 371. The Morgan fingerprint density at radius 3 is 2.58 bits per heavy atom. The average molecular weight is 283 g/mol. The van der Waals surface area contributed by atoms with Crippen LogP contribution in [-0.2, 0) is 14.3 Å². The van der Waals surface area contributed by atoms with Crippen molar-refractivity contribution in [2.75, 3.05) is 13.2 Å². The number of hydrogen-bond acceptors (Lipinski definition) is 4. The molecule has 0 saturated carbocycles. The summed E-state index contributed by atoms with van der Waals surface area (Å²) in [7, 11) is 0. The van der Waals surface area contributed by atoms with Crippen molar-refractivity contribution >= 4 is 12.1 Å². The third-order valence-electron chi connectivity index (χ3n) is 2.41. The van der Waals surface area contributed by atoms with Crippen molar-refractivity contribution in [1.82, 2.24) is 4.90 Å². The van der Waals surface area contributed by atoms with E-state index in [9.17, 15) is 22.8 Å². The minimum atomic E-state index is -4.88. The van der Waals surface area contributed by atoms with E-state index in [0.29, 0.717) is 4.90 Å². The lowest BCUT2D eigenvalue weighted by molar-refractivity contribution is -0.340. The molecule has 0 aromatic heterocycles. The Hall–Kier alpha value is -1.77. The molecule has 1 saturated heterocycles. The maximum Gasteiger partial charge on any atom is 0.522 e. The first-order valence-corrected chi connectivity index (χ1v) is 5.26. The summed E-state index contributed by atoms with van der Waals surface area (Å²) in [5.41, 5.74) is 0. The fourth-order valence-corrected chi connectivity index (χ4v) is 1.72. The normalized spacial score (nSPS) is 23.2. The van der Waals surface area contributed by atoms with Crippen LogP contribution in [0.5, 0.6) is 0 Å². The number of ether oxygens (including phenoxy) is 2. The number of amides is 1. The summed E-state index contributed by atoms with van der Waals surface area (Å²) in [4.78, 5) is 23.1. The minimum absolute atomic E-state index is 0.160. The zero-order valence-corrected chi connectivity index (χ0v) is 9.72. The van der Waals surface area contributed by atoms with Gasteiger partial charge in [0.25, 0.3) is 0 Å². The Labute approximate surface area is 106 Å². The number of halogens is 3. The van der Waals surface area contributed by atoms with Crippen LogP contribution in [0.3, 0.4) is 0 Å². The monoisotopic (exact) mass is 283 g/mol. The molecule has 1 amide bonds. The Morgan fingerprint density at radius 1 is 1.47 bits per heavy atom. The molecule has 0 spiro atoms. The topological polar surface area (TPSA) is 76.1 Å². The van der Waals surface area contributed by atoms with E-state index in [0.717, 1.165) is 0 Å². The van der Waals surface area contributed by atoms with E-state index >= 15 is 0 Å². The molecule has 0 radical (unpaired) electrons. The number of carboxylic acid groups (broad SMARTS) is 1. The summed E-state index contributed by atoms with van der Waals surface area (Å²) in [6.07, 6.45) is -6.50. The largest absolute Gasteiger partial charge is 0.522 e. The van der Waals surface area contributed by atoms with E-state index in [4.69, 9.17) is 5.11 Å². The van der Waals surface area contributed by atoms with Crippen molar-refractivity contribution in [3.63, 3.8) is 0 Å². The highest BCUT2D eigenvalue weighted by Crippen LogP contribution is 2.27. The smallest absolute Gasteiger partial charge is 0.480 e. The molecule has 0 unspecified atom stereocenters. The summed E-state index contributed by atoms with van der Waals surface area (Å²) in [5, 5.41) is 8.87. The van der Waals surface area contributed by atoms with Crippen molar-refractivity contribution in [2.24, 2.45) is 0 Å². The zero-order chi connectivity index (χ0) is 14.6. The number of aliphatic carboxylic acids is 1. The molecule has 0 bridgehead atoms. The van der Waals surface area contributed by atoms with Gasteiger partial charge in [-0.2, -0.15) is 0 Å². The SMILES string of the molecule is C=CCOC(=O)N1C[C@H](OC(F)(F)F)C[C@@H]1C(=O)O. The molecule has 19 heavy (non-hydrogen) atoms. The lowest BCUT2D eigenvalue weighted by Crippen LogP contribution is -2.41. The van der Waals surface area contributed by atoms with E-state index in [-0.39, 0.29) is 6.61 Å². The second-order valence-corrected chi connectivity index (χ2v) is 3.79. The van der Waals surface area contributed by atoms with E-state index in [1.807, 2.05) is 0 Å². The quantitative estimate of drug-likeness (QED) is 0.789. The van der Waals surface area contributed by atoms with E-state index in [2.05, 4.69) is 16.1 Å². The average Bonchev–Trinajstić information content (AvgIpc) is 2.67. The van der Waals surface area contributed by atoms with E-state index in [1.165, 1.54) is 6.08 Å². The summed E-state index contributed by atoms with van der Waals surface area (Å²) in [5.74, 6) is -1.41. The molecule has 1 fully saturated rings. The van der Waals surface area contributed by atoms with E-state index < -0.39 is 43.5 Å². The highest BCUT2D eigenvalue weighted by atomic mass is 19.4. The van der Waals surface area contributed by atoms with Crippen LogP contribution in [-0.4, -0.2) is 53.7 Å². The number of alkyl halides is 3. The first-order valence-electron chi connectivity index (χ1n) is 5.26. The number of nitrogens with zero attached hydrogens (tertiary/aromatic N) is 1. The number of hydrogen-bond donors (Lipinski definition) is 1. The molecule has 2 atom stereocenters. The molecule has 1 aliphatic rings. The lowest BCUT2D eigenvalue weighted by Gasteiger charge is -2.20. The van der Waals surface area contributed by atoms with Crippen LogP contribution in [0.1, 0.15) is 6.42 Å². The zero-order valence-electron chi connectivity index (χ0n) is 9.72. The molecule has 1 rings (SSSR count). The summed E-state index contributed by atoms with van der Waals surface area (Å²) in [6, 6.07) is -1.40. The first kappa shape index (κ1) is 15.3. The van der Waals surface area contributed by atoms with Gasteiger partial charge in [0.2, 0.25) is 0 Å². The van der Waals surface area contributed by atoms with Crippen LogP contribution in [0.2, 0.25) is 0 Å². The van der Waals surface area contributed by atoms with Gasteiger partial charge in [-0.05, 0) is 0 Å². The molecule has 1 heterocycles. The van der Waals surface area contributed by atoms with Gasteiger partial charge in [0.1, 0.15) is 12.6 Å². The third kappa shape index (κ3) is 4.43. The number of carboxylic acids is 1. The summed E-state index contributed by atoms with van der Waals surface area (Å²) < 4.78 is 44.5. The molecule has 6 nitrogen and oxygen atoms in total. The molecular formula is C10H12F3NO5. The van der Waals surface area contributed by atoms with Crippen LogP contribution >= 0.6 is 0 Å². The van der Waals surface area contributed by atoms with Crippen molar-refractivity contribution in [3.8, 4) is 0 Å². The van der Waals surface area contributed by atoms with Gasteiger partial charge in [-0.1, -0.05) is 12.7 Å². The predicted molar refractivity (Wildman–Crippen MR) is 55.2 cm³/mol. The van der Waals surface area contributed by atoms with Crippen molar-refractivity contribution in [2.45, 2.75) is 24.9 Å². The molecule has 1 N–H and O–H groups in total. The summed E-state index contributed by atoms with van der Waals surface area (Å²) in [6.45, 7) is 2.64. The fraction of sp³-hybridized carbons (Fsp3) is 0.600. The highest BCUT2D eigenvalue weighted by Gasteiger charge is 2.45. The third-order valence-corrected chi connectivity index (χ3v) is 2.41. The van der Waals surface area contributed by atoms with Gasteiger partial charge in [0.15, 0.2) is 0 Å². The molecule has 0 aliphatic carbocycles. The van der Waals surface area contributed by atoms with Crippen LogP contribution in [0.25, 0.3) is 0 Å². The molecule has 0 aromatic rings. The van der Waals surface area contributed by atoms with Gasteiger partial charge in [0, 0.05) is 6.42 Å². The molecule has 9 heteroatoms. The molecule has 108 valence electrons. The molecule has 0 aromatic carbocycles. The van der Waals surface area contributed by atoms with Gasteiger partial charge in [-0.25, -0.2) is 9.59 Å².